The third kappa shape index (κ3) is 5.07. The molecule has 34 heavy (non-hydrogen) atoms. The predicted octanol–water partition coefficient (Wildman–Crippen LogP) is 7.15. The highest BCUT2D eigenvalue weighted by Crippen LogP contribution is 2.65. The number of nitrogen functional groups attached to an aromatic ring is 1. The molecule has 176 valence electrons. The monoisotopic (exact) mass is 559 g/mol. The topological polar surface area (TPSA) is 84.2 Å². The zero-order valence-corrected chi connectivity index (χ0v) is 20.8. The van der Waals surface area contributed by atoms with Crippen molar-refractivity contribution in [1.29, 1.82) is 0 Å². The summed E-state index contributed by atoms with van der Waals surface area (Å²) in [6.07, 6.45) is 0. The third-order valence-corrected chi connectivity index (χ3v) is 7.02. The minimum atomic E-state index is -1.35. The van der Waals surface area contributed by atoms with E-state index >= 15 is 0 Å². The predicted molar refractivity (Wildman–Crippen MR) is 136 cm³/mol. The Labute approximate surface area is 219 Å². The van der Waals surface area contributed by atoms with Crippen LogP contribution in [0.3, 0.4) is 0 Å². The number of nitrogens with two attached hydrogens (primary N) is 1. The summed E-state index contributed by atoms with van der Waals surface area (Å²) >= 11 is 31.1. The zero-order valence-electron chi connectivity index (χ0n) is 17.0. The van der Waals surface area contributed by atoms with E-state index < -0.39 is 33.8 Å². The highest BCUT2D eigenvalue weighted by molar-refractivity contribution is 6.53. The van der Waals surface area contributed by atoms with E-state index in [2.05, 4.69) is 10.6 Å². The lowest BCUT2D eigenvalue weighted by molar-refractivity contribution is -0.117. The van der Waals surface area contributed by atoms with Gasteiger partial charge in [-0.15, -0.1) is 23.2 Å². The molecule has 1 aliphatic carbocycles. The number of nitrogens with one attached hydrogen (secondary N) is 2. The Kier molecular flexibility index (Phi) is 6.91. The van der Waals surface area contributed by atoms with Gasteiger partial charge in [0.2, 0.25) is 5.91 Å². The molecule has 2 atom stereocenters. The molecule has 0 unspecified atom stereocenters. The molecule has 3 aromatic rings. The van der Waals surface area contributed by atoms with Gasteiger partial charge in [-0.3, -0.25) is 9.59 Å². The molecule has 4 rings (SSSR count). The van der Waals surface area contributed by atoms with Crippen LogP contribution >= 0.6 is 58.0 Å². The van der Waals surface area contributed by atoms with Gasteiger partial charge in [-0.05, 0) is 60.2 Å². The maximum atomic E-state index is 13.4. The second-order valence-electron chi connectivity index (χ2n) is 7.71. The van der Waals surface area contributed by atoms with Crippen molar-refractivity contribution in [3.8, 4) is 0 Å². The molecule has 0 bridgehead atoms. The maximum Gasteiger partial charge on any atom is 0.257 e. The molecule has 0 spiro atoms. The molecule has 0 radical (unpaired) electrons. The molecule has 1 saturated carbocycles. The van der Waals surface area contributed by atoms with Crippen molar-refractivity contribution in [3.63, 3.8) is 0 Å². The van der Waals surface area contributed by atoms with E-state index in [1.54, 1.807) is 18.2 Å². The van der Waals surface area contributed by atoms with E-state index in [0.717, 1.165) is 6.07 Å². The van der Waals surface area contributed by atoms with E-state index in [0.29, 0.717) is 21.3 Å². The minimum Gasteiger partial charge on any atom is -0.396 e. The Morgan fingerprint density at radius 1 is 0.882 bits per heavy atom. The summed E-state index contributed by atoms with van der Waals surface area (Å²) in [5.41, 5.74) is 6.72. The van der Waals surface area contributed by atoms with Crippen LogP contribution in [-0.4, -0.2) is 16.1 Å². The average Bonchev–Trinajstić information content (AvgIpc) is 3.33. The molecule has 0 aromatic heterocycles. The first kappa shape index (κ1) is 24.9. The van der Waals surface area contributed by atoms with Crippen LogP contribution in [-0.2, 0) is 4.79 Å². The SMILES string of the molecule is Nc1cc(NC(=O)c2cc(NC(=O)[C@@H]3[C@@H](c4cc(Cl)cc(Cl)c4)C3(Cl)Cl)ccc2Cl)ccc1F. The van der Waals surface area contributed by atoms with Crippen LogP contribution in [0.5, 0.6) is 0 Å². The van der Waals surface area contributed by atoms with Crippen molar-refractivity contribution in [1.82, 2.24) is 0 Å². The molecule has 0 aliphatic heterocycles. The van der Waals surface area contributed by atoms with Crippen molar-refractivity contribution in [3.05, 3.63) is 86.6 Å². The molecule has 5 nitrogen and oxygen atoms in total. The minimum absolute atomic E-state index is 0.0827. The highest BCUT2D eigenvalue weighted by atomic mass is 35.5. The average molecular weight is 562 g/mol. The lowest BCUT2D eigenvalue weighted by atomic mass is 10.1. The molecule has 2 amide bonds. The number of benzene rings is 3. The Morgan fingerprint density at radius 2 is 1.50 bits per heavy atom. The van der Waals surface area contributed by atoms with Gasteiger partial charge >= 0.3 is 0 Å². The van der Waals surface area contributed by atoms with Crippen LogP contribution in [0, 0.1) is 11.7 Å². The van der Waals surface area contributed by atoms with Gasteiger partial charge in [-0.2, -0.15) is 0 Å². The van der Waals surface area contributed by atoms with Crippen LogP contribution in [0.2, 0.25) is 15.1 Å². The number of rotatable bonds is 5. The normalized spacial score (nSPS) is 18.3. The molecule has 4 N–H and O–H groups in total. The van der Waals surface area contributed by atoms with Gasteiger partial charge in [-0.1, -0.05) is 34.8 Å². The molecule has 1 fully saturated rings. The lowest BCUT2D eigenvalue weighted by Crippen LogP contribution is -2.18. The van der Waals surface area contributed by atoms with Crippen LogP contribution in [0.4, 0.5) is 21.5 Å². The molecule has 3 aromatic carbocycles. The number of halogens is 6. The summed E-state index contributed by atoms with van der Waals surface area (Å²) < 4.78 is 12.0. The summed E-state index contributed by atoms with van der Waals surface area (Å²) in [6, 6.07) is 13.0. The largest absolute Gasteiger partial charge is 0.396 e. The molecule has 0 saturated heterocycles. The standard InChI is InChI=1S/C23H15Cl5FN3O2/c24-11-5-10(6-12(25)7-11)19-20(23(19,27)28)22(34)32-13-1-3-16(26)15(8-13)21(33)31-14-2-4-17(29)18(30)9-14/h1-9,19-20H,30H2,(H,31,33)(H,32,34)/t19-,20+/m1/s1. The summed E-state index contributed by atoms with van der Waals surface area (Å²) in [6.45, 7) is 0. The molecular formula is C23H15Cl5FN3O2. The first-order chi connectivity index (χ1) is 16.0. The van der Waals surface area contributed by atoms with E-state index in [9.17, 15) is 14.0 Å². The number of anilines is 3. The number of amides is 2. The molecule has 1 aliphatic rings. The van der Waals surface area contributed by atoms with E-state index in [-0.39, 0.29) is 22.0 Å². The smallest absolute Gasteiger partial charge is 0.257 e. The zero-order chi connectivity index (χ0) is 24.8. The van der Waals surface area contributed by atoms with Gasteiger partial charge in [0.05, 0.1) is 22.2 Å². The van der Waals surface area contributed by atoms with Crippen molar-refractivity contribution in [2.24, 2.45) is 5.92 Å². The van der Waals surface area contributed by atoms with Crippen LogP contribution in [0.15, 0.2) is 54.6 Å². The first-order valence-electron chi connectivity index (χ1n) is 9.78. The summed E-state index contributed by atoms with van der Waals surface area (Å²) in [4.78, 5) is 25.7. The van der Waals surface area contributed by atoms with Crippen molar-refractivity contribution in [2.75, 3.05) is 16.4 Å². The Bertz CT molecular complexity index is 1300. The molecular weight excluding hydrogens is 547 g/mol. The number of alkyl halides is 2. The Hall–Kier alpha value is -2.22. The number of carbonyl (C=O) groups is 2. The number of carbonyl (C=O) groups excluding carboxylic acids is 2. The van der Waals surface area contributed by atoms with Gasteiger partial charge in [0.25, 0.3) is 5.91 Å². The van der Waals surface area contributed by atoms with Crippen LogP contribution in [0.25, 0.3) is 0 Å². The summed E-state index contributed by atoms with van der Waals surface area (Å²) in [5.74, 6) is -2.93. The fraction of sp³-hybridized carbons (Fsp3) is 0.130. The number of hydrogen-bond donors (Lipinski definition) is 3. The maximum absolute atomic E-state index is 13.4. The van der Waals surface area contributed by atoms with Crippen molar-refractivity contribution >= 4 is 86.9 Å². The highest BCUT2D eigenvalue weighted by Gasteiger charge is 2.67. The summed E-state index contributed by atoms with van der Waals surface area (Å²) in [5, 5.41) is 6.23. The van der Waals surface area contributed by atoms with Gasteiger partial charge in [0, 0.05) is 27.3 Å². The van der Waals surface area contributed by atoms with Crippen molar-refractivity contribution in [2.45, 2.75) is 10.3 Å². The molecule has 11 heteroatoms. The van der Waals surface area contributed by atoms with Crippen LogP contribution < -0.4 is 16.4 Å². The van der Waals surface area contributed by atoms with Gasteiger partial charge in [0.1, 0.15) is 10.2 Å². The Balaban J connectivity index is 1.51. The number of hydrogen-bond acceptors (Lipinski definition) is 3. The molecule has 0 heterocycles. The fourth-order valence-electron chi connectivity index (χ4n) is 3.64. The fourth-order valence-corrected chi connectivity index (χ4v) is 5.21. The van der Waals surface area contributed by atoms with E-state index in [1.807, 2.05) is 0 Å². The second kappa shape index (κ2) is 9.44. The van der Waals surface area contributed by atoms with Gasteiger partial charge in [0.15, 0.2) is 0 Å². The first-order valence-corrected chi connectivity index (χ1v) is 11.7. The van der Waals surface area contributed by atoms with Gasteiger partial charge in [-0.25, -0.2) is 4.39 Å². The van der Waals surface area contributed by atoms with Crippen LogP contribution in [0.1, 0.15) is 21.8 Å². The van der Waals surface area contributed by atoms with E-state index in [1.165, 1.54) is 30.3 Å². The van der Waals surface area contributed by atoms with Crippen molar-refractivity contribution < 1.29 is 14.0 Å². The van der Waals surface area contributed by atoms with E-state index in [4.69, 9.17) is 63.7 Å². The quantitative estimate of drug-likeness (QED) is 0.229. The van der Waals surface area contributed by atoms with Gasteiger partial charge < -0.3 is 16.4 Å². The third-order valence-electron chi connectivity index (χ3n) is 5.31. The second-order valence-corrected chi connectivity index (χ2v) is 10.4. The Morgan fingerprint density at radius 3 is 2.15 bits per heavy atom. The lowest BCUT2D eigenvalue weighted by Gasteiger charge is -2.11. The summed E-state index contributed by atoms with van der Waals surface area (Å²) in [7, 11) is 0.